The number of carbonyl (C=O) groups excluding carboxylic acids is 3. The van der Waals surface area contributed by atoms with E-state index in [1.165, 1.54) is 25.1 Å². The number of nitrogen functional groups attached to an aromatic ring is 3. The topological polar surface area (TPSA) is 301 Å². The number of rotatable bonds is 16. The summed E-state index contributed by atoms with van der Waals surface area (Å²) in [5, 5.41) is 17.0. The standard InChI is InChI=1S/C28H31N7O2.C25H24N6O2.C25H22N6O2/c1-33(2)16-6-9-24(36)34-17-14-21(15-18-34)35-28-25(27(29)30-19-31-28)26(32-35)20-10-12-23(13-11-20)37-22-7-4-3-5-8-22;2*1-2-21(32)30-14-12-18(13-15-30)31-25-22(24(26)27-16-28-25)23(29-31)17-8-10-20(11-9-17)33-19-6-4-3-5-7-19/h3-13,19,21H,14-18H2,1-2H3,(H2,29,30,31);2-11,16,18H,1,12-15H2,(H2,26,27,28);1,3-11,16,18H,12-15H2,(H2,26,27,28)/b9-6+;;. The number of ether oxygens (including phenoxy) is 3. The van der Waals surface area contributed by atoms with Gasteiger partial charge in [0.15, 0.2) is 16.9 Å². The molecule has 103 heavy (non-hydrogen) atoms. The van der Waals surface area contributed by atoms with Gasteiger partial charge in [-0.05, 0) is 174 Å². The van der Waals surface area contributed by atoms with Crippen molar-refractivity contribution in [2.24, 2.45) is 0 Å². The van der Waals surface area contributed by atoms with E-state index in [1.54, 1.807) is 11.0 Å². The van der Waals surface area contributed by atoms with Gasteiger partial charge in [0.25, 0.3) is 5.91 Å². The third kappa shape index (κ3) is 15.8. The molecule has 9 heterocycles. The second kappa shape index (κ2) is 31.6. The normalized spacial score (nSPS) is 14.4. The summed E-state index contributed by atoms with van der Waals surface area (Å²) in [5.41, 5.74) is 25.8. The van der Waals surface area contributed by atoms with Gasteiger partial charge in [-0.15, -0.1) is 6.42 Å². The Kier molecular flexibility index (Phi) is 21.1. The molecule has 25 nitrogen and oxygen atoms in total. The molecule has 0 unspecified atom stereocenters. The van der Waals surface area contributed by atoms with Gasteiger partial charge in [0.2, 0.25) is 11.8 Å². The maximum atomic E-state index is 12.6. The van der Waals surface area contributed by atoms with Gasteiger partial charge in [0, 0.05) is 68.6 Å². The molecule has 3 aliphatic rings. The summed E-state index contributed by atoms with van der Waals surface area (Å²) in [4.78, 5) is 69.9. The number of carbonyl (C=O) groups is 3. The zero-order chi connectivity index (χ0) is 71.3. The van der Waals surface area contributed by atoms with E-state index in [-0.39, 0.29) is 35.8 Å². The minimum absolute atomic E-state index is 0.0381. The van der Waals surface area contributed by atoms with E-state index in [0.29, 0.717) is 73.7 Å². The van der Waals surface area contributed by atoms with Crippen LogP contribution in [0.1, 0.15) is 56.7 Å². The Morgan fingerprint density at radius 3 is 1.06 bits per heavy atom. The SMILES string of the molecule is C#CC(=O)N1CCC(n2nc(-c3ccc(Oc4ccccc4)cc3)c3c(N)ncnc32)CC1.C=CC(=O)N1CCC(n2nc(-c3ccc(Oc4ccccc4)cc3)c3c(N)ncnc32)CC1.CN(C)C/C=C/C(=O)N1CCC(n2nc(-c3ccc(Oc4ccccc4)cc3)c3c(N)ncnc32)CC1. The lowest BCUT2D eigenvalue weighted by molar-refractivity contribution is -0.128. The molecule has 0 saturated carbocycles. The van der Waals surface area contributed by atoms with Crippen LogP contribution in [-0.4, -0.2) is 156 Å². The molecule has 3 amide bonds. The van der Waals surface area contributed by atoms with E-state index in [2.05, 4.69) is 42.4 Å². The molecular formula is C78H77N19O6. The zero-order valence-corrected chi connectivity index (χ0v) is 57.1. The predicted octanol–water partition coefficient (Wildman–Crippen LogP) is 12.0. The Balaban J connectivity index is 0.000000138. The number of likely N-dealkylation sites (N-methyl/N-ethyl adjacent to an activating group) is 1. The number of terminal acetylenes is 1. The first-order valence-corrected chi connectivity index (χ1v) is 34.0. The average Bonchev–Trinajstić information content (AvgIpc) is 1.64. The van der Waals surface area contributed by atoms with Crippen molar-refractivity contribution >= 4 is 68.3 Å². The van der Waals surface area contributed by atoms with Gasteiger partial charge in [-0.1, -0.05) is 67.3 Å². The van der Waals surface area contributed by atoms with E-state index >= 15 is 0 Å². The molecule has 6 aromatic heterocycles. The fourth-order valence-electron chi connectivity index (χ4n) is 12.9. The lowest BCUT2D eigenvalue weighted by Crippen LogP contribution is -2.38. The summed E-state index contributed by atoms with van der Waals surface area (Å²) in [6.45, 7) is 8.11. The largest absolute Gasteiger partial charge is 0.457 e. The number of amides is 3. The molecule has 0 aliphatic carbocycles. The maximum Gasteiger partial charge on any atom is 0.298 e. The van der Waals surface area contributed by atoms with Crippen LogP contribution in [0.2, 0.25) is 0 Å². The minimum Gasteiger partial charge on any atom is -0.457 e. The molecule has 12 aromatic rings. The van der Waals surface area contributed by atoms with Crippen LogP contribution in [-0.2, 0) is 14.4 Å². The van der Waals surface area contributed by atoms with Gasteiger partial charge in [-0.25, -0.2) is 43.9 Å². The van der Waals surface area contributed by atoms with Crippen molar-refractivity contribution in [3.05, 3.63) is 208 Å². The number of nitrogens with two attached hydrogens (primary N) is 3. The summed E-state index contributed by atoms with van der Waals surface area (Å²) < 4.78 is 23.5. The Bertz CT molecular complexity index is 5020. The molecule has 3 saturated heterocycles. The highest BCUT2D eigenvalue weighted by atomic mass is 16.5. The van der Waals surface area contributed by atoms with Gasteiger partial charge in [-0.3, -0.25) is 14.4 Å². The monoisotopic (exact) mass is 1380 g/mol. The minimum atomic E-state index is -0.274. The fraction of sp³-hybridized carbons (Fsp3) is 0.231. The van der Waals surface area contributed by atoms with E-state index in [4.69, 9.17) is 53.1 Å². The van der Waals surface area contributed by atoms with Crippen LogP contribution in [0, 0.1) is 12.3 Å². The molecule has 3 aliphatic heterocycles. The number of para-hydroxylation sites is 3. The Hall–Kier alpha value is -12.8. The van der Waals surface area contributed by atoms with Gasteiger partial charge >= 0.3 is 0 Å². The number of hydrogen-bond acceptors (Lipinski definition) is 19. The smallest absolute Gasteiger partial charge is 0.298 e. The van der Waals surface area contributed by atoms with Crippen LogP contribution < -0.4 is 31.4 Å². The second-order valence-corrected chi connectivity index (χ2v) is 25.2. The number of hydrogen-bond donors (Lipinski definition) is 3. The first-order chi connectivity index (χ1) is 50.3. The quantitative estimate of drug-likeness (QED) is 0.0598. The molecule has 0 spiro atoms. The molecule has 0 atom stereocenters. The summed E-state index contributed by atoms with van der Waals surface area (Å²) in [6, 6.07) is 52.4. The van der Waals surface area contributed by atoms with Crippen molar-refractivity contribution in [2.75, 3.05) is 77.1 Å². The van der Waals surface area contributed by atoms with Crippen LogP contribution >= 0.6 is 0 Å². The maximum absolute atomic E-state index is 12.6. The highest BCUT2D eigenvalue weighted by molar-refractivity contribution is 6.00. The highest BCUT2D eigenvalue weighted by Crippen LogP contribution is 2.39. The van der Waals surface area contributed by atoms with Gasteiger partial charge < -0.3 is 51.0 Å². The van der Waals surface area contributed by atoms with Gasteiger partial charge in [0.1, 0.15) is 88.0 Å². The molecule has 6 aromatic carbocycles. The molecule has 25 heteroatoms. The third-order valence-electron chi connectivity index (χ3n) is 18.2. The van der Waals surface area contributed by atoms with E-state index in [1.807, 2.05) is 213 Å². The van der Waals surface area contributed by atoms with Crippen LogP contribution in [0.4, 0.5) is 17.5 Å². The fourth-order valence-corrected chi connectivity index (χ4v) is 12.9. The predicted molar refractivity (Wildman–Crippen MR) is 396 cm³/mol. The molecule has 3 fully saturated rings. The summed E-state index contributed by atoms with van der Waals surface area (Å²) in [5.74, 6) is 7.62. The lowest BCUT2D eigenvalue weighted by Gasteiger charge is -2.31. The highest BCUT2D eigenvalue weighted by Gasteiger charge is 2.31. The molecule has 6 N–H and O–H groups in total. The molecule has 0 radical (unpaired) electrons. The Morgan fingerprint density at radius 2 is 0.757 bits per heavy atom. The Morgan fingerprint density at radius 1 is 0.456 bits per heavy atom. The number of benzene rings is 6. The zero-order valence-electron chi connectivity index (χ0n) is 57.1. The molecule has 520 valence electrons. The van der Waals surface area contributed by atoms with Crippen molar-refractivity contribution in [1.82, 2.24) is 78.8 Å². The first kappa shape index (κ1) is 68.7. The number of piperidine rings is 3. The molecular weight excluding hydrogens is 1300 g/mol. The van der Waals surface area contributed by atoms with Crippen molar-refractivity contribution in [3.63, 3.8) is 0 Å². The first-order valence-electron chi connectivity index (χ1n) is 34.0. The summed E-state index contributed by atoms with van der Waals surface area (Å²) >= 11 is 0. The van der Waals surface area contributed by atoms with Crippen LogP contribution in [0.3, 0.4) is 0 Å². The van der Waals surface area contributed by atoms with E-state index < -0.39 is 0 Å². The van der Waals surface area contributed by atoms with Gasteiger partial charge in [-0.2, -0.15) is 15.3 Å². The lowest BCUT2D eigenvalue weighted by atomic mass is 10.1. The molecule has 0 bridgehead atoms. The van der Waals surface area contributed by atoms with Crippen molar-refractivity contribution in [3.8, 4) is 80.6 Å². The van der Waals surface area contributed by atoms with Crippen LogP contribution in [0.5, 0.6) is 34.5 Å². The summed E-state index contributed by atoms with van der Waals surface area (Å²) in [7, 11) is 3.96. The van der Waals surface area contributed by atoms with Gasteiger partial charge in [0.05, 0.1) is 34.3 Å². The van der Waals surface area contributed by atoms with E-state index in [9.17, 15) is 14.4 Å². The van der Waals surface area contributed by atoms with Crippen LogP contribution in [0.25, 0.3) is 66.9 Å². The van der Waals surface area contributed by atoms with Crippen molar-refractivity contribution < 1.29 is 28.6 Å². The second-order valence-electron chi connectivity index (χ2n) is 25.2. The van der Waals surface area contributed by atoms with E-state index in [0.717, 1.165) is 129 Å². The Labute approximate surface area is 594 Å². The number of anilines is 3. The van der Waals surface area contributed by atoms with Crippen molar-refractivity contribution in [1.29, 1.82) is 0 Å². The van der Waals surface area contributed by atoms with Crippen molar-refractivity contribution in [2.45, 2.75) is 56.7 Å². The average molecular weight is 1380 g/mol. The van der Waals surface area contributed by atoms with Crippen LogP contribution in [0.15, 0.2) is 208 Å². The number of likely N-dealkylation sites (tertiary alicyclic amines) is 3. The third-order valence-corrected chi connectivity index (χ3v) is 18.2. The summed E-state index contributed by atoms with van der Waals surface area (Å²) in [6.07, 6.45) is 19.2. The number of aromatic nitrogens is 12. The number of fused-ring (bicyclic) bond motifs is 3. The molecule has 15 rings (SSSR count). The number of nitrogens with zero attached hydrogens (tertiary/aromatic N) is 16.